The number of rotatable bonds is 19. The van der Waals surface area contributed by atoms with Gasteiger partial charge in [-0.25, -0.2) is 14.4 Å². The molecule has 4 aromatic rings. The third-order valence-electron chi connectivity index (χ3n) is 12.9. The Labute approximate surface area is 432 Å². The van der Waals surface area contributed by atoms with Gasteiger partial charge in [-0.1, -0.05) is 108 Å². The third-order valence-corrected chi connectivity index (χ3v) is 14.2. The number of anilines is 2. The average Bonchev–Trinajstić information content (AvgIpc) is 4.04. The van der Waals surface area contributed by atoms with E-state index >= 15 is 0 Å². The number of carbonyl (C=O) groups is 7. The number of ether oxygens (including phenoxy) is 1. The van der Waals surface area contributed by atoms with E-state index in [9.17, 15) is 38.7 Å². The lowest BCUT2D eigenvalue weighted by atomic mass is 9.81. The topological polar surface area (TPSA) is 247 Å². The van der Waals surface area contributed by atoms with Crippen molar-refractivity contribution in [2.75, 3.05) is 37.9 Å². The first kappa shape index (κ1) is 56.0. The molecule has 16 nitrogen and oxygen atoms in total. The predicted molar refractivity (Wildman–Crippen MR) is 275 cm³/mol. The highest BCUT2D eigenvalue weighted by Crippen LogP contribution is 2.42. The summed E-state index contributed by atoms with van der Waals surface area (Å²) in [7, 11) is 2.81. The second kappa shape index (κ2) is 26.5. The maximum absolute atomic E-state index is 13.2. The van der Waals surface area contributed by atoms with Crippen molar-refractivity contribution in [1.29, 1.82) is 0 Å². The van der Waals surface area contributed by atoms with Crippen molar-refractivity contribution in [2.45, 2.75) is 89.1 Å². The minimum absolute atomic E-state index is 0.0677. The lowest BCUT2D eigenvalue weighted by molar-refractivity contribution is -0.146. The van der Waals surface area contributed by atoms with Gasteiger partial charge >= 0.3 is 18.0 Å². The van der Waals surface area contributed by atoms with Crippen LogP contribution in [0.3, 0.4) is 0 Å². The van der Waals surface area contributed by atoms with Gasteiger partial charge in [-0.15, -0.1) is 0 Å². The van der Waals surface area contributed by atoms with Gasteiger partial charge in [-0.2, -0.15) is 0 Å². The minimum atomic E-state index is -1.14. The number of carboxylic acid groups (broad SMARTS) is 1. The normalized spacial score (nSPS) is 15.1. The van der Waals surface area contributed by atoms with Gasteiger partial charge < -0.3 is 47.5 Å². The number of carboxylic acids is 1. The molecule has 0 spiro atoms. The van der Waals surface area contributed by atoms with Gasteiger partial charge in [0, 0.05) is 37.8 Å². The molecule has 2 atom stereocenters. The van der Waals surface area contributed by atoms with E-state index in [-0.39, 0.29) is 61.9 Å². The molecule has 4 aromatic carbocycles. The number of carbonyl (C=O) groups excluding carboxylic acids is 6. The highest BCUT2D eigenvalue weighted by atomic mass is 35.5. The van der Waals surface area contributed by atoms with E-state index in [2.05, 4.69) is 31.9 Å². The largest absolute Gasteiger partial charge is 0.480 e. The summed E-state index contributed by atoms with van der Waals surface area (Å²) in [4.78, 5) is 87.3. The molecule has 0 bridgehead atoms. The smallest absolute Gasteiger partial charge is 0.328 e. The summed E-state index contributed by atoms with van der Waals surface area (Å²) in [5, 5.41) is 27.0. The highest BCUT2D eigenvalue weighted by Gasteiger charge is 2.43. The molecule has 2 aliphatic carbocycles. The molecule has 2 saturated carbocycles. The Morgan fingerprint density at radius 1 is 0.620 bits per heavy atom. The fourth-order valence-corrected chi connectivity index (χ4v) is 10.1. The first-order valence-corrected chi connectivity index (χ1v) is 24.7. The molecule has 2 fully saturated rings. The summed E-state index contributed by atoms with van der Waals surface area (Å²) in [5.41, 5.74) is 7.38. The lowest BCUT2D eigenvalue weighted by Gasteiger charge is -2.29. The van der Waals surface area contributed by atoms with E-state index in [1.54, 1.807) is 84.9 Å². The molecule has 71 heavy (non-hydrogen) atoms. The Kier molecular flexibility index (Phi) is 20.9. The van der Waals surface area contributed by atoms with Crippen LogP contribution in [0, 0.1) is 10.8 Å². The summed E-state index contributed by atoms with van der Waals surface area (Å²) in [6.07, 6.45) is 7.87. The van der Waals surface area contributed by atoms with Crippen LogP contribution in [0.5, 0.6) is 0 Å². The van der Waals surface area contributed by atoms with E-state index in [1.165, 1.54) is 14.2 Å². The van der Waals surface area contributed by atoms with E-state index in [0.717, 1.165) is 44.1 Å². The SMILES string of the molecule is CNC(=O)NCCC1(C(=O)NC(Cc2ccc(NC(=O)c3c(Cl)cccc3Cl)cc2)C(=O)O)CCCC1.COC(=O)C(Cc1ccc(NC(=O)c2c(Cl)cccc2Cl)cc1)NC(=O)C1(CCN)CCCC1. The zero-order valence-corrected chi connectivity index (χ0v) is 42.5. The van der Waals surface area contributed by atoms with Gasteiger partial charge in [0.25, 0.3) is 11.8 Å². The van der Waals surface area contributed by atoms with Gasteiger partial charge in [0.15, 0.2) is 0 Å². The Morgan fingerprint density at radius 3 is 1.39 bits per heavy atom. The van der Waals surface area contributed by atoms with Crippen LogP contribution in [0.2, 0.25) is 20.1 Å². The zero-order chi connectivity index (χ0) is 51.7. The molecule has 9 N–H and O–H groups in total. The number of nitrogens with one attached hydrogen (secondary N) is 6. The van der Waals surface area contributed by atoms with Crippen LogP contribution < -0.4 is 37.6 Å². The number of methoxy groups -OCH3 is 1. The average molecular weight is 1060 g/mol. The number of hydrogen-bond donors (Lipinski definition) is 8. The number of benzene rings is 4. The van der Waals surface area contributed by atoms with Crippen LogP contribution in [0.25, 0.3) is 0 Å². The summed E-state index contributed by atoms with van der Waals surface area (Å²) < 4.78 is 4.93. The van der Waals surface area contributed by atoms with Gasteiger partial charge in [0.1, 0.15) is 12.1 Å². The number of amides is 6. The Balaban J connectivity index is 0.000000265. The summed E-state index contributed by atoms with van der Waals surface area (Å²) in [6.45, 7) is 0.736. The van der Waals surface area contributed by atoms with Crippen molar-refractivity contribution >= 4 is 99.4 Å². The third kappa shape index (κ3) is 15.3. The molecule has 0 aliphatic heterocycles. The van der Waals surface area contributed by atoms with E-state index in [4.69, 9.17) is 56.9 Å². The molecule has 380 valence electrons. The Bertz CT molecular complexity index is 2490. The predicted octanol–water partition coefficient (Wildman–Crippen LogP) is 8.59. The molecular formula is C51H59Cl4N7O9. The molecule has 6 rings (SSSR count). The van der Waals surface area contributed by atoms with Crippen LogP contribution in [0.4, 0.5) is 16.2 Å². The van der Waals surface area contributed by atoms with Gasteiger partial charge in [0.2, 0.25) is 11.8 Å². The van der Waals surface area contributed by atoms with E-state index in [1.807, 2.05) is 0 Å². The maximum Gasteiger partial charge on any atom is 0.328 e. The Morgan fingerprint density at radius 2 is 1.01 bits per heavy atom. The number of hydrogen-bond acceptors (Lipinski definition) is 9. The molecular weight excluding hydrogens is 996 g/mol. The molecule has 2 unspecified atom stereocenters. The van der Waals surface area contributed by atoms with Crippen molar-refractivity contribution in [3.05, 3.63) is 127 Å². The number of halogens is 4. The van der Waals surface area contributed by atoms with E-state index < -0.39 is 46.7 Å². The fourth-order valence-electron chi connectivity index (χ4n) is 8.96. The number of esters is 1. The molecule has 0 aromatic heterocycles. The zero-order valence-electron chi connectivity index (χ0n) is 39.4. The molecule has 0 radical (unpaired) electrons. The van der Waals surface area contributed by atoms with Crippen molar-refractivity contribution in [1.82, 2.24) is 21.3 Å². The monoisotopic (exact) mass is 1050 g/mol. The van der Waals surface area contributed by atoms with Crippen molar-refractivity contribution in [3.8, 4) is 0 Å². The molecule has 0 saturated heterocycles. The lowest BCUT2D eigenvalue weighted by Crippen LogP contribution is -2.49. The number of nitrogens with two attached hydrogens (primary N) is 1. The van der Waals surface area contributed by atoms with Gasteiger partial charge in [-0.05, 0) is 105 Å². The number of urea groups is 1. The van der Waals surface area contributed by atoms with Crippen molar-refractivity contribution < 1.29 is 43.4 Å². The molecule has 6 amide bonds. The van der Waals surface area contributed by atoms with Crippen LogP contribution in [0.15, 0.2) is 84.9 Å². The van der Waals surface area contributed by atoms with Gasteiger partial charge in [0.05, 0.1) is 49.2 Å². The first-order valence-electron chi connectivity index (χ1n) is 23.2. The quantitative estimate of drug-likeness (QED) is 0.0416. The van der Waals surface area contributed by atoms with Crippen LogP contribution in [-0.4, -0.2) is 86.0 Å². The molecule has 20 heteroatoms. The summed E-state index contributed by atoms with van der Waals surface area (Å²) in [5.74, 6) is -3.00. The second-order valence-corrected chi connectivity index (χ2v) is 19.2. The second-order valence-electron chi connectivity index (χ2n) is 17.6. The minimum Gasteiger partial charge on any atom is -0.480 e. The van der Waals surface area contributed by atoms with E-state index in [0.29, 0.717) is 55.7 Å². The summed E-state index contributed by atoms with van der Waals surface area (Å²) in [6, 6.07) is 21.0. The first-order chi connectivity index (χ1) is 33.9. The maximum atomic E-state index is 13.2. The van der Waals surface area contributed by atoms with Crippen LogP contribution in [-0.2, 0) is 36.8 Å². The number of aliphatic carboxylic acids is 1. The van der Waals surface area contributed by atoms with Crippen LogP contribution >= 0.6 is 46.4 Å². The van der Waals surface area contributed by atoms with Gasteiger partial charge in [-0.3, -0.25) is 19.2 Å². The standard InChI is InChI=1S/C26H30Cl2N4O5.C25H29Cl2N3O4/c1-29-25(37)30-14-13-26(11-2-3-12-26)24(36)32-20(23(34)35)15-16-7-9-17(10-8-16)31-22(33)21-18(27)5-4-6-19(21)28;1-34-23(32)20(30-24(33)25(13-14-28)11-2-3-12-25)15-16-7-9-17(10-8-16)29-22(31)21-18(26)5-4-6-19(21)27/h4-10,20H,2-3,11-15H2,1H3,(H,31,33)(H,32,36)(H,34,35)(H2,29,30,37);4-10,20H,2-3,11-15,28H2,1H3,(H,29,31)(H,30,33). The Hall–Kier alpha value is -5.91. The van der Waals surface area contributed by atoms with Crippen molar-refractivity contribution in [3.63, 3.8) is 0 Å². The molecule has 0 heterocycles. The molecule has 2 aliphatic rings. The van der Waals surface area contributed by atoms with Crippen molar-refractivity contribution in [2.24, 2.45) is 16.6 Å². The fraction of sp³-hybridized carbons (Fsp3) is 0.392. The summed E-state index contributed by atoms with van der Waals surface area (Å²) >= 11 is 24.4. The highest BCUT2D eigenvalue weighted by molar-refractivity contribution is 6.41. The van der Waals surface area contributed by atoms with Crippen LogP contribution in [0.1, 0.15) is 96.1 Å².